The molecule has 0 aromatic carbocycles. The van der Waals surface area contributed by atoms with E-state index in [9.17, 15) is 9.59 Å². The third-order valence-corrected chi connectivity index (χ3v) is 7.41. The Hall–Kier alpha value is -2.62. The Labute approximate surface area is 227 Å². The van der Waals surface area contributed by atoms with Gasteiger partial charge in [-0.3, -0.25) is 4.79 Å². The van der Waals surface area contributed by atoms with Crippen molar-refractivity contribution in [3.8, 4) is 11.3 Å². The molecule has 11 heteroatoms. The van der Waals surface area contributed by atoms with Gasteiger partial charge in [-0.25, -0.2) is 14.8 Å². The quantitative estimate of drug-likeness (QED) is 0.491. The summed E-state index contributed by atoms with van der Waals surface area (Å²) in [5.41, 5.74) is 0.938. The summed E-state index contributed by atoms with van der Waals surface area (Å²) < 4.78 is 10.6. The number of amides is 2. The van der Waals surface area contributed by atoms with Crippen LogP contribution in [-0.4, -0.2) is 65.8 Å². The molecule has 2 aliphatic heterocycles. The maximum atomic E-state index is 12.9. The van der Waals surface area contributed by atoms with E-state index in [0.29, 0.717) is 58.4 Å². The number of hydrogen-bond donors (Lipinski definition) is 2. The van der Waals surface area contributed by atoms with Gasteiger partial charge in [-0.05, 0) is 63.6 Å². The number of piperidine rings is 1. The van der Waals surface area contributed by atoms with E-state index in [1.807, 2.05) is 6.07 Å². The molecule has 0 saturated carbocycles. The van der Waals surface area contributed by atoms with Crippen LogP contribution in [0.4, 0.5) is 16.4 Å². The Morgan fingerprint density at radius 3 is 2.78 bits per heavy atom. The molecule has 0 spiro atoms. The highest BCUT2D eigenvalue weighted by Crippen LogP contribution is 2.34. The molecule has 2 atom stereocenters. The van der Waals surface area contributed by atoms with E-state index in [0.717, 1.165) is 32.4 Å². The van der Waals surface area contributed by atoms with E-state index >= 15 is 0 Å². The van der Waals surface area contributed by atoms with Gasteiger partial charge in [0.15, 0.2) is 0 Å². The molecular weight excluding hydrogens is 517 g/mol. The monoisotopic (exact) mass is 549 g/mol. The van der Waals surface area contributed by atoms with E-state index < -0.39 is 6.09 Å². The minimum absolute atomic E-state index is 0.121. The molecule has 4 heterocycles. The second-order valence-electron chi connectivity index (χ2n) is 10.2. The molecule has 9 nitrogen and oxygen atoms in total. The van der Waals surface area contributed by atoms with Crippen LogP contribution in [0, 0.1) is 11.8 Å². The predicted molar refractivity (Wildman–Crippen MR) is 144 cm³/mol. The lowest BCUT2D eigenvalue weighted by Gasteiger charge is -2.35. The first-order chi connectivity index (χ1) is 17.6. The van der Waals surface area contributed by atoms with Crippen LogP contribution in [0.1, 0.15) is 39.5 Å². The first-order valence-corrected chi connectivity index (χ1v) is 13.2. The van der Waals surface area contributed by atoms with Crippen molar-refractivity contribution in [2.45, 2.75) is 45.1 Å². The highest BCUT2D eigenvalue weighted by molar-refractivity contribution is 6.36. The van der Waals surface area contributed by atoms with Gasteiger partial charge in [0.05, 0.1) is 34.4 Å². The maximum absolute atomic E-state index is 12.9. The van der Waals surface area contributed by atoms with Crippen molar-refractivity contribution in [3.63, 3.8) is 0 Å². The van der Waals surface area contributed by atoms with Crippen LogP contribution >= 0.6 is 23.2 Å². The number of likely N-dealkylation sites (tertiary alicyclic amines) is 1. The fourth-order valence-electron chi connectivity index (χ4n) is 4.91. The first kappa shape index (κ1) is 27.4. The maximum Gasteiger partial charge on any atom is 0.409 e. The number of carbonyl (C=O) groups excluding carboxylic acids is 2. The number of anilines is 2. The van der Waals surface area contributed by atoms with Crippen molar-refractivity contribution in [2.75, 3.05) is 44.0 Å². The zero-order valence-corrected chi connectivity index (χ0v) is 22.9. The molecule has 2 amide bonds. The summed E-state index contributed by atoms with van der Waals surface area (Å²) in [5.74, 6) is 0.917. The Morgan fingerprint density at radius 1 is 1.22 bits per heavy atom. The van der Waals surface area contributed by atoms with Crippen molar-refractivity contribution in [1.29, 1.82) is 0 Å². The van der Waals surface area contributed by atoms with Gasteiger partial charge >= 0.3 is 6.09 Å². The molecule has 2 aliphatic rings. The van der Waals surface area contributed by atoms with E-state index in [1.165, 1.54) is 18.2 Å². The third kappa shape index (κ3) is 7.03. The smallest absolute Gasteiger partial charge is 0.409 e. The molecule has 0 radical (unpaired) electrons. The minimum Gasteiger partial charge on any atom is -0.453 e. The van der Waals surface area contributed by atoms with Crippen LogP contribution in [0.25, 0.3) is 11.3 Å². The summed E-state index contributed by atoms with van der Waals surface area (Å²) in [7, 11) is 1.33. The third-order valence-electron chi connectivity index (χ3n) is 6.80. The van der Waals surface area contributed by atoms with Crippen LogP contribution < -0.4 is 10.6 Å². The molecule has 2 saturated heterocycles. The molecule has 0 bridgehead atoms. The molecule has 2 fully saturated rings. The lowest BCUT2D eigenvalue weighted by molar-refractivity contribution is -0.121. The number of pyridine rings is 2. The van der Waals surface area contributed by atoms with Gasteiger partial charge in [0.25, 0.3) is 0 Å². The lowest BCUT2D eigenvalue weighted by atomic mass is 9.88. The molecule has 2 aromatic rings. The Bertz CT molecular complexity index is 1150. The van der Waals surface area contributed by atoms with Gasteiger partial charge in [0, 0.05) is 38.0 Å². The number of rotatable bonds is 6. The number of aromatic nitrogens is 2. The number of hydrogen-bond acceptors (Lipinski definition) is 7. The van der Waals surface area contributed by atoms with Crippen molar-refractivity contribution in [1.82, 2.24) is 14.9 Å². The molecule has 4 rings (SSSR count). The number of nitrogens with zero attached hydrogens (tertiary/aromatic N) is 3. The van der Waals surface area contributed by atoms with Gasteiger partial charge < -0.3 is 25.0 Å². The van der Waals surface area contributed by atoms with Gasteiger partial charge in [0.1, 0.15) is 11.6 Å². The average Bonchev–Trinajstić information content (AvgIpc) is 2.88. The van der Waals surface area contributed by atoms with Crippen molar-refractivity contribution in [3.05, 3.63) is 34.4 Å². The number of halogens is 2. The summed E-state index contributed by atoms with van der Waals surface area (Å²) in [6.07, 6.45) is 4.39. The number of nitrogens with one attached hydrogen (secondary N) is 2. The van der Waals surface area contributed by atoms with Gasteiger partial charge in [-0.15, -0.1) is 0 Å². The first-order valence-electron chi connectivity index (χ1n) is 12.5. The lowest BCUT2D eigenvalue weighted by Crippen LogP contribution is -2.43. The molecule has 200 valence electrons. The molecule has 2 unspecified atom stereocenters. The molecule has 2 N–H and O–H groups in total. The van der Waals surface area contributed by atoms with Gasteiger partial charge in [0.2, 0.25) is 5.91 Å². The summed E-state index contributed by atoms with van der Waals surface area (Å²) in [6.45, 7) is 6.62. The fourth-order valence-corrected chi connectivity index (χ4v) is 5.31. The average molecular weight is 550 g/mol. The topological polar surface area (TPSA) is 106 Å². The Kier molecular flexibility index (Phi) is 8.77. The Morgan fingerprint density at radius 2 is 2.03 bits per heavy atom. The van der Waals surface area contributed by atoms with E-state index in [-0.39, 0.29) is 17.4 Å². The van der Waals surface area contributed by atoms with E-state index in [1.54, 1.807) is 12.1 Å². The van der Waals surface area contributed by atoms with Crippen molar-refractivity contribution in [2.24, 2.45) is 11.8 Å². The van der Waals surface area contributed by atoms with Crippen LogP contribution in [0.5, 0.6) is 0 Å². The summed E-state index contributed by atoms with van der Waals surface area (Å²) >= 11 is 13.0. The second kappa shape index (κ2) is 11.8. The number of ether oxygens (including phenoxy) is 2. The van der Waals surface area contributed by atoms with Gasteiger partial charge in [-0.1, -0.05) is 23.2 Å². The second-order valence-corrected chi connectivity index (χ2v) is 11.0. The highest BCUT2D eigenvalue weighted by atomic mass is 35.5. The molecule has 2 aromatic heterocycles. The van der Waals surface area contributed by atoms with E-state index in [2.05, 4.69) is 29.5 Å². The Balaban J connectivity index is 1.46. The normalized spacial score (nSPS) is 21.3. The van der Waals surface area contributed by atoms with Gasteiger partial charge in [-0.2, -0.15) is 0 Å². The van der Waals surface area contributed by atoms with Crippen LogP contribution in [-0.2, 0) is 14.3 Å². The molecular formula is C26H33Cl2N5O4. The molecule has 37 heavy (non-hydrogen) atoms. The highest BCUT2D eigenvalue weighted by Gasteiger charge is 2.30. The largest absolute Gasteiger partial charge is 0.453 e. The summed E-state index contributed by atoms with van der Waals surface area (Å²) in [4.78, 5) is 35.3. The zero-order valence-electron chi connectivity index (χ0n) is 21.4. The van der Waals surface area contributed by atoms with Crippen LogP contribution in [0.3, 0.4) is 0 Å². The minimum atomic E-state index is -0.431. The van der Waals surface area contributed by atoms with Crippen LogP contribution in [0.15, 0.2) is 24.4 Å². The standard InChI is InChI=1S/C26H33Cl2N5O4/c1-26(2)12-16(8-10-37-26)13-29-21-7-6-19(27)23(31-21)18-11-22(30-14-20(18)28)32-24(34)17-5-4-9-33(15-17)25(35)36-3/h6-7,11,14,16-17H,4-5,8-10,12-13,15H2,1-3H3,(H,29,31)(H,30,32,34). The SMILES string of the molecule is COC(=O)N1CCCC(C(=O)Nc2cc(-c3nc(NCC4CCOC(C)(C)C4)ccc3Cl)c(Cl)cn2)C1. The predicted octanol–water partition coefficient (Wildman–Crippen LogP) is 5.48. The van der Waals surface area contributed by atoms with Crippen molar-refractivity contribution < 1.29 is 19.1 Å². The number of methoxy groups -OCH3 is 1. The summed E-state index contributed by atoms with van der Waals surface area (Å²) in [6, 6.07) is 5.28. The number of carbonyl (C=O) groups is 2. The van der Waals surface area contributed by atoms with E-state index in [4.69, 9.17) is 37.7 Å². The summed E-state index contributed by atoms with van der Waals surface area (Å²) in [5, 5.41) is 7.07. The molecule has 0 aliphatic carbocycles. The zero-order chi connectivity index (χ0) is 26.6. The van der Waals surface area contributed by atoms with Crippen LogP contribution in [0.2, 0.25) is 10.0 Å². The van der Waals surface area contributed by atoms with Crippen molar-refractivity contribution >= 4 is 46.8 Å². The fraction of sp³-hybridized carbons (Fsp3) is 0.538.